The fraction of sp³-hybridized carbons (Fsp3) is 0.667. The number of hydrogen-bond acceptors (Lipinski definition) is 2. The Balaban J connectivity index is 2.01. The fourth-order valence-electron chi connectivity index (χ4n) is 2.97. The van der Waals surface area contributed by atoms with Crippen molar-refractivity contribution in [3.8, 4) is 0 Å². The van der Waals surface area contributed by atoms with E-state index in [1.54, 1.807) is 6.07 Å². The largest absolute Gasteiger partial charge is 0.308 e. The lowest BCUT2D eigenvalue weighted by molar-refractivity contribution is 0.234. The SMILES string of the molecule is CN(Cc1cc(CNC(C)(C)C)ccc1F)C1CCCC1. The number of benzene rings is 1. The molecular weight excluding hydrogens is 263 g/mol. The Bertz CT molecular complexity index is 459. The van der Waals surface area contributed by atoms with Gasteiger partial charge in [-0.1, -0.05) is 25.0 Å². The van der Waals surface area contributed by atoms with E-state index in [1.165, 1.54) is 25.7 Å². The molecule has 0 bridgehead atoms. The molecule has 0 spiro atoms. The van der Waals surface area contributed by atoms with E-state index in [4.69, 9.17) is 0 Å². The first kappa shape index (κ1) is 16.4. The number of nitrogens with one attached hydrogen (secondary N) is 1. The molecule has 1 fully saturated rings. The van der Waals surface area contributed by atoms with E-state index in [1.807, 2.05) is 12.1 Å². The van der Waals surface area contributed by atoms with Gasteiger partial charge in [-0.2, -0.15) is 0 Å². The molecule has 0 amide bonds. The van der Waals surface area contributed by atoms with E-state index in [9.17, 15) is 4.39 Å². The third-order valence-corrected chi connectivity index (χ3v) is 4.30. The van der Waals surface area contributed by atoms with Gasteiger partial charge in [0.2, 0.25) is 0 Å². The normalized spacial score (nSPS) is 16.9. The van der Waals surface area contributed by atoms with Crippen molar-refractivity contribution in [3.05, 3.63) is 35.1 Å². The van der Waals surface area contributed by atoms with E-state index < -0.39 is 0 Å². The second kappa shape index (κ2) is 6.89. The lowest BCUT2D eigenvalue weighted by Crippen LogP contribution is -2.35. The highest BCUT2D eigenvalue weighted by Crippen LogP contribution is 2.24. The maximum atomic E-state index is 14.0. The van der Waals surface area contributed by atoms with Gasteiger partial charge >= 0.3 is 0 Å². The van der Waals surface area contributed by atoms with Gasteiger partial charge in [0.25, 0.3) is 0 Å². The Kier molecular flexibility index (Phi) is 5.39. The summed E-state index contributed by atoms with van der Waals surface area (Å²) in [5, 5.41) is 3.46. The molecule has 1 aromatic rings. The van der Waals surface area contributed by atoms with Crippen molar-refractivity contribution in [2.45, 2.75) is 71.1 Å². The highest BCUT2D eigenvalue weighted by Gasteiger charge is 2.20. The van der Waals surface area contributed by atoms with E-state index in [2.05, 4.69) is 38.0 Å². The highest BCUT2D eigenvalue weighted by atomic mass is 19.1. The van der Waals surface area contributed by atoms with Crippen LogP contribution in [0.1, 0.15) is 57.6 Å². The summed E-state index contributed by atoms with van der Waals surface area (Å²) in [6, 6.07) is 6.13. The van der Waals surface area contributed by atoms with E-state index >= 15 is 0 Å². The number of hydrogen-bond donors (Lipinski definition) is 1. The molecule has 0 aromatic heterocycles. The zero-order valence-electron chi connectivity index (χ0n) is 13.9. The van der Waals surface area contributed by atoms with Crippen molar-refractivity contribution in [3.63, 3.8) is 0 Å². The van der Waals surface area contributed by atoms with Crippen LogP contribution < -0.4 is 5.32 Å². The molecule has 2 nitrogen and oxygen atoms in total. The summed E-state index contributed by atoms with van der Waals surface area (Å²) in [5.74, 6) is -0.0839. The monoisotopic (exact) mass is 292 g/mol. The molecule has 1 saturated carbocycles. The molecule has 2 rings (SSSR count). The Morgan fingerprint density at radius 2 is 1.90 bits per heavy atom. The summed E-state index contributed by atoms with van der Waals surface area (Å²) in [7, 11) is 2.12. The van der Waals surface area contributed by atoms with Crippen molar-refractivity contribution in [1.82, 2.24) is 10.2 Å². The topological polar surface area (TPSA) is 15.3 Å². The van der Waals surface area contributed by atoms with Crippen LogP contribution in [0.3, 0.4) is 0 Å². The predicted molar refractivity (Wildman–Crippen MR) is 86.7 cm³/mol. The molecular formula is C18H29FN2. The van der Waals surface area contributed by atoms with Crippen LogP contribution >= 0.6 is 0 Å². The lowest BCUT2D eigenvalue weighted by Gasteiger charge is -2.25. The van der Waals surface area contributed by atoms with Gasteiger partial charge in [0.1, 0.15) is 5.82 Å². The molecule has 0 atom stereocenters. The summed E-state index contributed by atoms with van der Waals surface area (Å²) in [6.45, 7) is 7.92. The quantitative estimate of drug-likeness (QED) is 0.879. The van der Waals surface area contributed by atoms with Crippen LogP contribution in [-0.2, 0) is 13.1 Å². The number of rotatable bonds is 5. The van der Waals surface area contributed by atoms with Crippen LogP contribution in [0.5, 0.6) is 0 Å². The van der Waals surface area contributed by atoms with Gasteiger partial charge in [0.15, 0.2) is 0 Å². The fourth-order valence-corrected chi connectivity index (χ4v) is 2.97. The average molecular weight is 292 g/mol. The molecule has 3 heteroatoms. The van der Waals surface area contributed by atoms with Gasteiger partial charge < -0.3 is 5.32 Å². The molecule has 1 aliphatic rings. The summed E-state index contributed by atoms with van der Waals surface area (Å²) >= 11 is 0. The first-order chi connectivity index (χ1) is 9.85. The lowest BCUT2D eigenvalue weighted by atomic mass is 10.1. The zero-order chi connectivity index (χ0) is 15.5. The Morgan fingerprint density at radius 3 is 2.52 bits per heavy atom. The molecule has 0 radical (unpaired) electrons. The maximum Gasteiger partial charge on any atom is 0.127 e. The van der Waals surface area contributed by atoms with Gasteiger partial charge in [-0.05, 0) is 52.3 Å². The molecule has 0 aliphatic heterocycles. The minimum absolute atomic E-state index is 0.0786. The standard InChI is InChI=1S/C18H29FN2/c1-18(2,3)20-12-14-9-10-17(19)15(11-14)13-21(4)16-7-5-6-8-16/h9-11,16,20H,5-8,12-13H2,1-4H3. The van der Waals surface area contributed by atoms with Crippen molar-refractivity contribution in [1.29, 1.82) is 0 Å². The first-order valence-corrected chi connectivity index (χ1v) is 8.08. The van der Waals surface area contributed by atoms with Crippen molar-refractivity contribution < 1.29 is 4.39 Å². The second-order valence-corrected chi connectivity index (χ2v) is 7.38. The van der Waals surface area contributed by atoms with Crippen LogP contribution in [0.2, 0.25) is 0 Å². The average Bonchev–Trinajstić information content (AvgIpc) is 2.92. The van der Waals surface area contributed by atoms with Crippen LogP contribution in [-0.4, -0.2) is 23.5 Å². The summed E-state index contributed by atoms with van der Waals surface area (Å²) in [5.41, 5.74) is 2.05. The first-order valence-electron chi connectivity index (χ1n) is 8.08. The highest BCUT2D eigenvalue weighted by molar-refractivity contribution is 5.25. The van der Waals surface area contributed by atoms with E-state index in [0.717, 1.165) is 17.7 Å². The Morgan fingerprint density at radius 1 is 1.24 bits per heavy atom. The zero-order valence-corrected chi connectivity index (χ0v) is 13.9. The van der Waals surface area contributed by atoms with Gasteiger partial charge in [-0.25, -0.2) is 4.39 Å². The van der Waals surface area contributed by atoms with E-state index in [-0.39, 0.29) is 11.4 Å². The molecule has 0 unspecified atom stereocenters. The molecule has 1 N–H and O–H groups in total. The third kappa shape index (κ3) is 5.08. The maximum absolute atomic E-state index is 14.0. The van der Waals surface area contributed by atoms with Crippen molar-refractivity contribution in [2.75, 3.05) is 7.05 Å². The Labute approximate surface area is 128 Å². The van der Waals surface area contributed by atoms with Crippen molar-refractivity contribution in [2.24, 2.45) is 0 Å². The molecule has 0 heterocycles. The second-order valence-electron chi connectivity index (χ2n) is 7.38. The summed E-state index contributed by atoms with van der Waals surface area (Å²) < 4.78 is 14.0. The van der Waals surface area contributed by atoms with Crippen LogP contribution in [0.25, 0.3) is 0 Å². The van der Waals surface area contributed by atoms with Gasteiger partial charge in [-0.3, -0.25) is 4.90 Å². The summed E-state index contributed by atoms with van der Waals surface area (Å²) in [6.07, 6.45) is 5.13. The predicted octanol–water partition coefficient (Wildman–Crippen LogP) is 4.09. The smallest absolute Gasteiger partial charge is 0.127 e. The molecule has 0 saturated heterocycles. The van der Waals surface area contributed by atoms with Crippen LogP contribution in [0.15, 0.2) is 18.2 Å². The van der Waals surface area contributed by atoms with Crippen LogP contribution in [0, 0.1) is 5.82 Å². The van der Waals surface area contributed by atoms with Crippen molar-refractivity contribution >= 4 is 0 Å². The van der Waals surface area contributed by atoms with Gasteiger partial charge in [0, 0.05) is 30.2 Å². The Hall–Kier alpha value is -0.930. The van der Waals surface area contributed by atoms with Gasteiger partial charge in [0.05, 0.1) is 0 Å². The minimum Gasteiger partial charge on any atom is -0.308 e. The van der Waals surface area contributed by atoms with E-state index in [0.29, 0.717) is 12.6 Å². The molecule has 21 heavy (non-hydrogen) atoms. The molecule has 1 aromatic carbocycles. The third-order valence-electron chi connectivity index (χ3n) is 4.30. The molecule has 1 aliphatic carbocycles. The number of nitrogens with zero attached hydrogens (tertiary/aromatic N) is 1. The summed E-state index contributed by atoms with van der Waals surface area (Å²) in [4.78, 5) is 2.31. The van der Waals surface area contributed by atoms with Crippen LogP contribution in [0.4, 0.5) is 4.39 Å². The molecule has 118 valence electrons. The van der Waals surface area contributed by atoms with Gasteiger partial charge in [-0.15, -0.1) is 0 Å². The number of halogens is 1. The minimum atomic E-state index is -0.0839.